The number of phenolic OH excluding ortho intramolecular Hbond substituents is 1. The summed E-state index contributed by atoms with van der Waals surface area (Å²) in [6, 6.07) is 12.7. The first-order valence-corrected chi connectivity index (χ1v) is 10.2. The van der Waals surface area contributed by atoms with Gasteiger partial charge in [-0.3, -0.25) is 10.1 Å². The van der Waals surface area contributed by atoms with Crippen molar-refractivity contribution in [2.45, 2.75) is 45.2 Å². The van der Waals surface area contributed by atoms with Crippen molar-refractivity contribution in [3.05, 3.63) is 75.1 Å². The predicted octanol–water partition coefficient (Wildman–Crippen LogP) is 3.25. The Morgan fingerprint density at radius 1 is 1.13 bits per heavy atom. The molecule has 1 aliphatic carbocycles. The molecule has 0 saturated heterocycles. The van der Waals surface area contributed by atoms with Crippen molar-refractivity contribution in [1.29, 1.82) is 0 Å². The third-order valence-electron chi connectivity index (χ3n) is 5.80. The van der Waals surface area contributed by atoms with Crippen molar-refractivity contribution in [1.82, 2.24) is 5.32 Å². The second-order valence-corrected chi connectivity index (χ2v) is 7.70. The molecule has 0 bridgehead atoms. The summed E-state index contributed by atoms with van der Waals surface area (Å²) in [7, 11) is 0. The summed E-state index contributed by atoms with van der Waals surface area (Å²) in [6.07, 6.45) is 1.71. The van der Waals surface area contributed by atoms with Gasteiger partial charge in [0, 0.05) is 36.9 Å². The van der Waals surface area contributed by atoms with Gasteiger partial charge in [-0.15, -0.1) is 0 Å². The molecule has 0 fully saturated rings. The van der Waals surface area contributed by atoms with Crippen molar-refractivity contribution < 1.29 is 19.1 Å². The minimum absolute atomic E-state index is 0.104. The molecular formula is C24H25NO5. The molecule has 1 heterocycles. The third kappa shape index (κ3) is 3.59. The standard InChI is InChI=1S/C24H25NO5/c1-3-15-9-19-18(10-22(27)30-21(19)11-20(15)26)14-25-24(23(28)29-4-2)12-16-7-5-6-8-17(16)13-24/h5-11,25-26H,3-4,12-14H2,1-2H3. The van der Waals surface area contributed by atoms with Crippen molar-refractivity contribution in [3.63, 3.8) is 0 Å². The second kappa shape index (κ2) is 7.95. The van der Waals surface area contributed by atoms with Gasteiger partial charge in [-0.2, -0.15) is 0 Å². The lowest BCUT2D eigenvalue weighted by Gasteiger charge is -2.28. The highest BCUT2D eigenvalue weighted by molar-refractivity contribution is 5.84. The third-order valence-corrected chi connectivity index (χ3v) is 5.80. The second-order valence-electron chi connectivity index (χ2n) is 7.70. The Morgan fingerprint density at radius 2 is 1.83 bits per heavy atom. The summed E-state index contributed by atoms with van der Waals surface area (Å²) in [5.74, 6) is -0.187. The number of aryl methyl sites for hydroxylation is 1. The number of nitrogens with one attached hydrogen (secondary N) is 1. The number of carbonyl (C=O) groups excluding carboxylic acids is 1. The Morgan fingerprint density at radius 3 is 2.47 bits per heavy atom. The molecule has 0 aliphatic heterocycles. The van der Waals surface area contributed by atoms with Gasteiger partial charge in [0.25, 0.3) is 0 Å². The number of aromatic hydroxyl groups is 1. The number of benzene rings is 2. The summed E-state index contributed by atoms with van der Waals surface area (Å²) in [5, 5.41) is 14.3. The van der Waals surface area contributed by atoms with Crippen molar-refractivity contribution in [2.75, 3.05) is 6.61 Å². The number of phenols is 1. The first kappa shape index (κ1) is 20.2. The normalized spacial score (nSPS) is 14.6. The monoisotopic (exact) mass is 407 g/mol. The Hall–Kier alpha value is -3.12. The maximum atomic E-state index is 12.9. The fourth-order valence-electron chi connectivity index (χ4n) is 4.23. The molecule has 3 aromatic rings. The first-order chi connectivity index (χ1) is 14.5. The van der Waals surface area contributed by atoms with Crippen molar-refractivity contribution in [2.24, 2.45) is 0 Å². The minimum Gasteiger partial charge on any atom is -0.508 e. The van der Waals surface area contributed by atoms with Crippen LogP contribution in [0.5, 0.6) is 5.75 Å². The van der Waals surface area contributed by atoms with Gasteiger partial charge in [-0.1, -0.05) is 31.2 Å². The fourth-order valence-corrected chi connectivity index (χ4v) is 4.23. The molecule has 2 N–H and O–H groups in total. The number of carbonyl (C=O) groups is 1. The molecule has 4 rings (SSSR count). The Kier molecular flexibility index (Phi) is 5.35. The van der Waals surface area contributed by atoms with Crippen LogP contribution >= 0.6 is 0 Å². The lowest BCUT2D eigenvalue weighted by molar-refractivity contribution is -0.151. The van der Waals surface area contributed by atoms with E-state index in [0.29, 0.717) is 38.0 Å². The van der Waals surface area contributed by atoms with Crippen LogP contribution in [0.2, 0.25) is 0 Å². The maximum absolute atomic E-state index is 12.9. The molecule has 1 aliphatic rings. The zero-order chi connectivity index (χ0) is 21.3. The van der Waals surface area contributed by atoms with E-state index in [2.05, 4.69) is 5.32 Å². The first-order valence-electron chi connectivity index (χ1n) is 10.2. The SMILES string of the molecule is CCOC(=O)C1(NCc2cc(=O)oc3cc(O)c(CC)cc23)Cc2ccccc2C1. The van der Waals surface area contributed by atoms with E-state index in [-0.39, 0.29) is 11.7 Å². The van der Waals surface area contributed by atoms with Crippen LogP contribution in [-0.4, -0.2) is 23.2 Å². The van der Waals surface area contributed by atoms with Crippen LogP contribution in [0.4, 0.5) is 0 Å². The van der Waals surface area contributed by atoms with Gasteiger partial charge in [0.2, 0.25) is 0 Å². The van der Waals surface area contributed by atoms with Gasteiger partial charge in [-0.05, 0) is 41.7 Å². The topological polar surface area (TPSA) is 88.8 Å². The van der Waals surface area contributed by atoms with Crippen molar-refractivity contribution >= 4 is 16.9 Å². The molecule has 2 aromatic carbocycles. The summed E-state index contributed by atoms with van der Waals surface area (Å²) in [4.78, 5) is 25.0. The van der Waals surface area contributed by atoms with E-state index in [0.717, 1.165) is 27.6 Å². The number of hydrogen-bond acceptors (Lipinski definition) is 6. The number of esters is 1. The van der Waals surface area contributed by atoms with Crippen LogP contribution in [0.3, 0.4) is 0 Å². The van der Waals surface area contributed by atoms with Crippen LogP contribution in [0.1, 0.15) is 36.1 Å². The van der Waals surface area contributed by atoms with Gasteiger partial charge in [-0.25, -0.2) is 4.79 Å². The van der Waals surface area contributed by atoms with E-state index < -0.39 is 11.2 Å². The van der Waals surface area contributed by atoms with E-state index in [1.807, 2.05) is 37.3 Å². The Labute approximate surface area is 174 Å². The quantitative estimate of drug-likeness (QED) is 0.482. The zero-order valence-corrected chi connectivity index (χ0v) is 17.2. The molecule has 0 amide bonds. The molecule has 1 aromatic heterocycles. The van der Waals surface area contributed by atoms with Crippen LogP contribution in [-0.2, 0) is 35.3 Å². The van der Waals surface area contributed by atoms with Gasteiger partial charge in [0.05, 0.1) is 6.61 Å². The van der Waals surface area contributed by atoms with Gasteiger partial charge < -0.3 is 14.3 Å². The van der Waals surface area contributed by atoms with Crippen LogP contribution in [0.15, 0.2) is 51.7 Å². The van der Waals surface area contributed by atoms with E-state index in [1.165, 1.54) is 12.1 Å². The van der Waals surface area contributed by atoms with E-state index in [4.69, 9.17) is 9.15 Å². The van der Waals surface area contributed by atoms with Gasteiger partial charge in [0.15, 0.2) is 0 Å². The number of ether oxygens (including phenoxy) is 1. The molecule has 0 spiro atoms. The molecule has 0 unspecified atom stereocenters. The van der Waals surface area contributed by atoms with Gasteiger partial charge in [0.1, 0.15) is 16.9 Å². The largest absolute Gasteiger partial charge is 0.508 e. The van der Waals surface area contributed by atoms with E-state index >= 15 is 0 Å². The molecule has 30 heavy (non-hydrogen) atoms. The van der Waals surface area contributed by atoms with E-state index in [1.54, 1.807) is 6.92 Å². The van der Waals surface area contributed by atoms with Crippen LogP contribution < -0.4 is 10.9 Å². The fraction of sp³-hybridized carbons (Fsp3) is 0.333. The summed E-state index contributed by atoms with van der Waals surface area (Å²) >= 11 is 0. The molecule has 0 saturated carbocycles. The molecule has 0 atom stereocenters. The maximum Gasteiger partial charge on any atom is 0.336 e. The number of rotatable bonds is 6. The van der Waals surface area contributed by atoms with Crippen LogP contribution in [0.25, 0.3) is 11.0 Å². The molecular weight excluding hydrogens is 382 g/mol. The average molecular weight is 407 g/mol. The molecule has 156 valence electrons. The highest BCUT2D eigenvalue weighted by Crippen LogP contribution is 2.32. The smallest absolute Gasteiger partial charge is 0.336 e. The van der Waals surface area contributed by atoms with Crippen LogP contribution in [0, 0.1) is 0 Å². The van der Waals surface area contributed by atoms with Crippen molar-refractivity contribution in [3.8, 4) is 5.75 Å². The summed E-state index contributed by atoms with van der Waals surface area (Å²) in [5.41, 5.74) is 2.67. The molecule has 6 nitrogen and oxygen atoms in total. The Bertz CT molecular complexity index is 1140. The van der Waals surface area contributed by atoms with Gasteiger partial charge >= 0.3 is 11.6 Å². The predicted molar refractivity (Wildman–Crippen MR) is 114 cm³/mol. The highest BCUT2D eigenvalue weighted by Gasteiger charge is 2.44. The molecule has 0 radical (unpaired) electrons. The lowest BCUT2D eigenvalue weighted by Crippen LogP contribution is -2.53. The number of hydrogen-bond donors (Lipinski definition) is 2. The Balaban J connectivity index is 1.70. The average Bonchev–Trinajstić information content (AvgIpc) is 3.11. The summed E-state index contributed by atoms with van der Waals surface area (Å²) in [6.45, 7) is 4.34. The van der Waals surface area contributed by atoms with E-state index in [9.17, 15) is 14.7 Å². The lowest BCUT2D eigenvalue weighted by atomic mass is 9.94. The highest BCUT2D eigenvalue weighted by atomic mass is 16.5. The minimum atomic E-state index is -0.882. The number of fused-ring (bicyclic) bond motifs is 2. The summed E-state index contributed by atoms with van der Waals surface area (Å²) < 4.78 is 10.7. The molecule has 6 heteroatoms. The zero-order valence-electron chi connectivity index (χ0n) is 17.2.